The van der Waals surface area contributed by atoms with Gasteiger partial charge in [-0.3, -0.25) is 13.9 Å². The van der Waals surface area contributed by atoms with Gasteiger partial charge in [-0.05, 0) is 92.8 Å². The Labute approximate surface area is 259 Å². The van der Waals surface area contributed by atoms with Gasteiger partial charge in [0.25, 0.3) is 10.0 Å². The summed E-state index contributed by atoms with van der Waals surface area (Å²) in [5.41, 5.74) is 1.04. The zero-order chi connectivity index (χ0) is 31.4. The van der Waals surface area contributed by atoms with E-state index in [0.717, 1.165) is 27.6 Å². The van der Waals surface area contributed by atoms with Gasteiger partial charge in [0.15, 0.2) is 0 Å². The first-order chi connectivity index (χ1) is 20.6. The summed E-state index contributed by atoms with van der Waals surface area (Å²) in [6.07, 6.45) is 3.63. The number of ether oxygens (including phenoxy) is 2. The van der Waals surface area contributed by atoms with Crippen LogP contribution in [0, 0.1) is 0 Å². The average Bonchev–Trinajstić information content (AvgIpc) is 3.02. The van der Waals surface area contributed by atoms with Crippen LogP contribution in [0.15, 0.2) is 82.6 Å². The highest BCUT2D eigenvalue weighted by Crippen LogP contribution is 2.28. The molecule has 0 aliphatic carbocycles. The van der Waals surface area contributed by atoms with Crippen LogP contribution < -0.4 is 19.1 Å². The lowest BCUT2D eigenvalue weighted by molar-refractivity contribution is -0.139. The Hall–Kier alpha value is -3.70. The first-order valence-electron chi connectivity index (χ1n) is 14.2. The van der Waals surface area contributed by atoms with Crippen molar-refractivity contribution in [2.75, 3.05) is 37.4 Å². The van der Waals surface area contributed by atoms with Crippen molar-refractivity contribution in [1.82, 2.24) is 10.2 Å². The van der Waals surface area contributed by atoms with Gasteiger partial charge in [0.2, 0.25) is 11.8 Å². The maximum Gasteiger partial charge on any atom is 0.264 e. The number of thioether (sulfide) groups is 1. The standard InChI is InChI=1S/C32H41N3O6S2/c1-6-8-20-33-32(37)24(3)34(22-25-10-9-11-28(21-25)40-4)31(36)23-35(26-12-14-27(15-13-26)41-7-2)43(38,39)30-18-16-29(42-5)17-19-30/h9-19,21,24H,6-8,20,22-23H2,1-5H3,(H,33,37)/t24-/m0/s1. The third-order valence-corrected chi connectivity index (χ3v) is 9.38. The van der Waals surface area contributed by atoms with Gasteiger partial charge in [-0.2, -0.15) is 0 Å². The van der Waals surface area contributed by atoms with Crippen LogP contribution in [0.25, 0.3) is 0 Å². The molecule has 3 rings (SSSR count). The van der Waals surface area contributed by atoms with E-state index in [-0.39, 0.29) is 17.3 Å². The maximum atomic E-state index is 14.1. The summed E-state index contributed by atoms with van der Waals surface area (Å²) >= 11 is 1.50. The van der Waals surface area contributed by atoms with Crippen LogP contribution in [0.3, 0.4) is 0 Å². The number of sulfonamides is 1. The van der Waals surface area contributed by atoms with Crippen LogP contribution in [0.2, 0.25) is 0 Å². The Morgan fingerprint density at radius 3 is 2.28 bits per heavy atom. The molecule has 0 heterocycles. The fraction of sp³-hybridized carbons (Fsp3) is 0.375. The lowest BCUT2D eigenvalue weighted by Crippen LogP contribution is -2.51. The summed E-state index contributed by atoms with van der Waals surface area (Å²) in [7, 11) is -2.61. The van der Waals surface area contributed by atoms with Gasteiger partial charge in [-0.1, -0.05) is 25.5 Å². The Morgan fingerprint density at radius 2 is 1.67 bits per heavy atom. The van der Waals surface area contributed by atoms with Crippen LogP contribution in [0.5, 0.6) is 11.5 Å². The SMILES string of the molecule is CCCCNC(=O)[C@H](C)N(Cc1cccc(OC)c1)C(=O)CN(c1ccc(OCC)cc1)S(=O)(=O)c1ccc(SC)cc1. The van der Waals surface area contributed by atoms with Gasteiger partial charge in [-0.25, -0.2) is 8.42 Å². The van der Waals surface area contributed by atoms with Crippen molar-refractivity contribution in [3.63, 3.8) is 0 Å². The molecule has 1 N–H and O–H groups in total. The van der Waals surface area contributed by atoms with Crippen molar-refractivity contribution >= 4 is 39.3 Å². The minimum Gasteiger partial charge on any atom is -0.497 e. The quantitative estimate of drug-likeness (QED) is 0.169. The number of nitrogens with one attached hydrogen (secondary N) is 1. The molecule has 0 unspecified atom stereocenters. The first kappa shape index (κ1) is 33.8. The molecule has 0 fully saturated rings. The minimum absolute atomic E-state index is 0.0525. The van der Waals surface area contributed by atoms with E-state index < -0.39 is 28.5 Å². The molecule has 0 aliphatic heterocycles. The number of anilines is 1. The average molecular weight is 628 g/mol. The van der Waals surface area contributed by atoms with E-state index >= 15 is 0 Å². The van der Waals surface area contributed by atoms with E-state index in [1.165, 1.54) is 28.8 Å². The predicted molar refractivity (Wildman–Crippen MR) is 171 cm³/mol. The zero-order valence-electron chi connectivity index (χ0n) is 25.4. The van der Waals surface area contributed by atoms with E-state index in [0.29, 0.717) is 30.3 Å². The van der Waals surface area contributed by atoms with Crippen molar-refractivity contribution in [2.24, 2.45) is 0 Å². The van der Waals surface area contributed by atoms with Gasteiger partial charge < -0.3 is 19.7 Å². The number of rotatable bonds is 16. The normalized spacial score (nSPS) is 11.8. The molecule has 0 aliphatic rings. The molecular weight excluding hydrogens is 587 g/mol. The van der Waals surface area contributed by atoms with Crippen molar-refractivity contribution in [2.45, 2.75) is 56.0 Å². The van der Waals surface area contributed by atoms with E-state index in [1.807, 2.05) is 26.2 Å². The lowest BCUT2D eigenvalue weighted by Gasteiger charge is -2.32. The molecule has 3 aromatic rings. The fourth-order valence-corrected chi connectivity index (χ4v) is 6.19. The summed E-state index contributed by atoms with van der Waals surface area (Å²) in [5, 5.41) is 2.89. The van der Waals surface area contributed by atoms with Crippen molar-refractivity contribution in [3.8, 4) is 11.5 Å². The van der Waals surface area contributed by atoms with E-state index in [2.05, 4.69) is 5.32 Å². The van der Waals surface area contributed by atoms with Crippen LogP contribution >= 0.6 is 11.8 Å². The first-order valence-corrected chi connectivity index (χ1v) is 16.9. The summed E-state index contributed by atoms with van der Waals surface area (Å²) in [6.45, 7) is 6.04. The lowest BCUT2D eigenvalue weighted by atomic mass is 10.1. The number of hydrogen-bond donors (Lipinski definition) is 1. The Bertz CT molecular complexity index is 1450. The van der Waals surface area contributed by atoms with Gasteiger partial charge in [0, 0.05) is 18.0 Å². The molecule has 0 saturated heterocycles. The topological polar surface area (TPSA) is 105 Å². The second-order valence-electron chi connectivity index (χ2n) is 9.81. The molecule has 0 aromatic heterocycles. The molecule has 11 heteroatoms. The molecule has 0 radical (unpaired) electrons. The number of carbonyl (C=O) groups excluding carboxylic acids is 2. The largest absolute Gasteiger partial charge is 0.497 e. The molecule has 0 saturated carbocycles. The second kappa shape index (κ2) is 16.2. The van der Waals surface area contributed by atoms with Crippen molar-refractivity contribution < 1.29 is 27.5 Å². The molecule has 3 aromatic carbocycles. The van der Waals surface area contributed by atoms with Gasteiger partial charge in [-0.15, -0.1) is 11.8 Å². The third-order valence-electron chi connectivity index (χ3n) is 6.85. The summed E-state index contributed by atoms with van der Waals surface area (Å²) < 4.78 is 40.1. The molecule has 9 nitrogen and oxygen atoms in total. The number of unbranched alkanes of at least 4 members (excludes halogenated alkanes) is 1. The number of nitrogens with zero attached hydrogens (tertiary/aromatic N) is 2. The molecule has 232 valence electrons. The van der Waals surface area contributed by atoms with E-state index in [1.54, 1.807) is 68.6 Å². The van der Waals surface area contributed by atoms with Crippen molar-refractivity contribution in [1.29, 1.82) is 0 Å². The van der Waals surface area contributed by atoms with Gasteiger partial charge >= 0.3 is 0 Å². The second-order valence-corrected chi connectivity index (χ2v) is 12.5. The van der Waals surface area contributed by atoms with E-state index in [9.17, 15) is 18.0 Å². The Kier molecular flexibility index (Phi) is 12.8. The smallest absolute Gasteiger partial charge is 0.264 e. The summed E-state index contributed by atoms with van der Waals surface area (Å²) in [5.74, 6) is 0.348. The Balaban J connectivity index is 2.02. The van der Waals surface area contributed by atoms with Gasteiger partial charge in [0.05, 0.1) is 24.3 Å². The summed E-state index contributed by atoms with van der Waals surface area (Å²) in [6, 6.07) is 19.4. The number of carbonyl (C=O) groups is 2. The van der Waals surface area contributed by atoms with Crippen molar-refractivity contribution in [3.05, 3.63) is 78.4 Å². The minimum atomic E-state index is -4.16. The molecule has 43 heavy (non-hydrogen) atoms. The highest BCUT2D eigenvalue weighted by molar-refractivity contribution is 7.98. The maximum absolute atomic E-state index is 14.1. The van der Waals surface area contributed by atoms with Gasteiger partial charge in [0.1, 0.15) is 24.1 Å². The number of amides is 2. The predicted octanol–water partition coefficient (Wildman–Crippen LogP) is 5.34. The molecule has 0 spiro atoms. The number of hydrogen-bond acceptors (Lipinski definition) is 7. The highest BCUT2D eigenvalue weighted by atomic mass is 32.2. The van der Waals surface area contributed by atoms with Crippen LogP contribution in [0.1, 0.15) is 39.2 Å². The molecular formula is C32H41N3O6S2. The summed E-state index contributed by atoms with van der Waals surface area (Å²) in [4.78, 5) is 29.6. The monoisotopic (exact) mass is 627 g/mol. The molecule has 0 bridgehead atoms. The third kappa shape index (κ3) is 9.14. The Morgan fingerprint density at radius 1 is 0.977 bits per heavy atom. The van der Waals surface area contributed by atoms with Crippen LogP contribution in [-0.2, 0) is 26.2 Å². The van der Waals surface area contributed by atoms with Crippen LogP contribution in [-0.4, -0.2) is 64.2 Å². The number of benzene rings is 3. The zero-order valence-corrected chi connectivity index (χ0v) is 27.0. The van der Waals surface area contributed by atoms with E-state index in [4.69, 9.17) is 9.47 Å². The highest BCUT2D eigenvalue weighted by Gasteiger charge is 2.32. The molecule has 1 atom stereocenters. The number of methoxy groups -OCH3 is 1. The molecule has 2 amide bonds. The van der Waals surface area contributed by atoms with Crippen LogP contribution in [0.4, 0.5) is 5.69 Å². The fourth-order valence-electron chi connectivity index (χ4n) is 4.37.